The Kier molecular flexibility index (Phi) is 4.04. The minimum Gasteiger partial charge on any atom is -0.469 e. The Bertz CT molecular complexity index is 436. The Hall–Kier alpha value is -2.04. The molecule has 1 aliphatic heterocycles. The second-order valence-corrected chi connectivity index (χ2v) is 4.50. The van der Waals surface area contributed by atoms with E-state index in [9.17, 15) is 9.59 Å². The van der Waals surface area contributed by atoms with Crippen LogP contribution in [-0.2, 0) is 19.1 Å². The lowest BCUT2D eigenvalue weighted by Gasteiger charge is -2.17. The summed E-state index contributed by atoms with van der Waals surface area (Å²) in [5.41, 5.74) is 0.989. The van der Waals surface area contributed by atoms with E-state index in [4.69, 9.17) is 9.47 Å². The number of anilines is 1. The predicted molar refractivity (Wildman–Crippen MR) is 69.7 cm³/mol. The van der Waals surface area contributed by atoms with Gasteiger partial charge >= 0.3 is 11.9 Å². The zero-order valence-electron chi connectivity index (χ0n) is 11.0. The van der Waals surface area contributed by atoms with E-state index in [0.717, 1.165) is 5.69 Å². The van der Waals surface area contributed by atoms with E-state index in [1.807, 2.05) is 35.2 Å². The number of rotatable bonds is 3. The smallest absolute Gasteiger partial charge is 0.311 e. The van der Waals surface area contributed by atoms with Crippen LogP contribution >= 0.6 is 0 Å². The summed E-state index contributed by atoms with van der Waals surface area (Å²) in [4.78, 5) is 25.5. The summed E-state index contributed by atoms with van der Waals surface area (Å²) in [6.07, 6.45) is 0. The number of hydrogen-bond acceptors (Lipinski definition) is 5. The molecule has 1 heterocycles. The van der Waals surface area contributed by atoms with Crippen LogP contribution in [0.2, 0.25) is 0 Å². The van der Waals surface area contributed by atoms with E-state index in [1.165, 1.54) is 14.2 Å². The van der Waals surface area contributed by atoms with Gasteiger partial charge in [0, 0.05) is 18.8 Å². The summed E-state index contributed by atoms with van der Waals surface area (Å²) < 4.78 is 9.54. The molecule has 0 bridgehead atoms. The highest BCUT2D eigenvalue weighted by Gasteiger charge is 2.43. The van der Waals surface area contributed by atoms with Crippen molar-refractivity contribution in [2.75, 3.05) is 32.2 Å². The predicted octanol–water partition coefficient (Wildman–Crippen LogP) is 1.08. The molecule has 0 saturated carbocycles. The third-order valence-electron chi connectivity index (χ3n) is 3.45. The zero-order valence-corrected chi connectivity index (χ0v) is 11.0. The first-order valence-corrected chi connectivity index (χ1v) is 6.13. The molecule has 102 valence electrons. The topological polar surface area (TPSA) is 55.8 Å². The number of esters is 2. The van der Waals surface area contributed by atoms with Gasteiger partial charge in [0.25, 0.3) is 0 Å². The van der Waals surface area contributed by atoms with Gasteiger partial charge in [-0.25, -0.2) is 0 Å². The maximum Gasteiger partial charge on any atom is 0.311 e. The zero-order chi connectivity index (χ0) is 13.8. The van der Waals surface area contributed by atoms with E-state index >= 15 is 0 Å². The van der Waals surface area contributed by atoms with Gasteiger partial charge < -0.3 is 14.4 Å². The maximum absolute atomic E-state index is 11.8. The number of hydrogen-bond donors (Lipinski definition) is 0. The molecule has 1 saturated heterocycles. The minimum atomic E-state index is -0.474. The molecule has 1 aliphatic rings. The Morgan fingerprint density at radius 3 is 1.89 bits per heavy atom. The molecule has 2 unspecified atom stereocenters. The lowest BCUT2D eigenvalue weighted by Crippen LogP contribution is -2.30. The van der Waals surface area contributed by atoms with E-state index in [1.54, 1.807) is 0 Å². The molecule has 2 rings (SSSR count). The van der Waals surface area contributed by atoms with Crippen molar-refractivity contribution in [3.8, 4) is 0 Å². The quantitative estimate of drug-likeness (QED) is 0.764. The monoisotopic (exact) mass is 263 g/mol. The largest absolute Gasteiger partial charge is 0.469 e. The first-order valence-electron chi connectivity index (χ1n) is 6.13. The van der Waals surface area contributed by atoms with Crippen LogP contribution in [0, 0.1) is 11.8 Å². The van der Waals surface area contributed by atoms with Crippen LogP contribution in [0.1, 0.15) is 0 Å². The van der Waals surface area contributed by atoms with Gasteiger partial charge in [-0.15, -0.1) is 0 Å². The van der Waals surface area contributed by atoms with Gasteiger partial charge in [-0.2, -0.15) is 0 Å². The first-order chi connectivity index (χ1) is 9.17. The highest BCUT2D eigenvalue weighted by atomic mass is 16.5. The van der Waals surface area contributed by atoms with E-state index < -0.39 is 11.8 Å². The van der Waals surface area contributed by atoms with Gasteiger partial charge in [-0.3, -0.25) is 9.59 Å². The number of benzene rings is 1. The molecule has 1 aromatic rings. The first kappa shape index (κ1) is 13.4. The van der Waals surface area contributed by atoms with Crippen LogP contribution in [0.15, 0.2) is 30.3 Å². The molecule has 5 nitrogen and oxygen atoms in total. The highest BCUT2D eigenvalue weighted by molar-refractivity contribution is 5.84. The second kappa shape index (κ2) is 5.73. The van der Waals surface area contributed by atoms with Crippen molar-refractivity contribution in [1.29, 1.82) is 0 Å². The van der Waals surface area contributed by atoms with Crippen molar-refractivity contribution >= 4 is 17.6 Å². The van der Waals surface area contributed by atoms with Crippen molar-refractivity contribution in [2.24, 2.45) is 11.8 Å². The Morgan fingerprint density at radius 1 is 1.00 bits per heavy atom. The fourth-order valence-electron chi connectivity index (χ4n) is 2.43. The van der Waals surface area contributed by atoms with Crippen LogP contribution in [0.3, 0.4) is 0 Å². The summed E-state index contributed by atoms with van der Waals surface area (Å²) in [5.74, 6) is -1.68. The fraction of sp³-hybridized carbons (Fsp3) is 0.429. The second-order valence-electron chi connectivity index (χ2n) is 4.50. The van der Waals surface area contributed by atoms with Gasteiger partial charge in [0.2, 0.25) is 0 Å². The molecular formula is C14H17NO4. The maximum atomic E-state index is 11.8. The molecule has 0 aromatic heterocycles. The molecule has 0 spiro atoms. The average molecular weight is 263 g/mol. The van der Waals surface area contributed by atoms with E-state index in [0.29, 0.717) is 13.1 Å². The van der Waals surface area contributed by atoms with E-state index in [-0.39, 0.29) is 11.9 Å². The van der Waals surface area contributed by atoms with Crippen molar-refractivity contribution in [3.63, 3.8) is 0 Å². The SMILES string of the molecule is COC(=O)C1CN(c2ccccc2)CC1C(=O)OC. The van der Waals surface area contributed by atoms with Crippen molar-refractivity contribution < 1.29 is 19.1 Å². The molecule has 0 N–H and O–H groups in total. The molecular weight excluding hydrogens is 246 g/mol. The molecule has 0 aliphatic carbocycles. The molecule has 1 fully saturated rings. The number of methoxy groups -OCH3 is 2. The summed E-state index contributed by atoms with van der Waals surface area (Å²) >= 11 is 0. The molecule has 0 radical (unpaired) electrons. The summed E-state index contributed by atoms with van der Waals surface area (Å²) in [6.45, 7) is 0.937. The molecule has 19 heavy (non-hydrogen) atoms. The lowest BCUT2D eigenvalue weighted by atomic mass is 9.96. The number of nitrogens with zero attached hydrogens (tertiary/aromatic N) is 1. The standard InChI is InChI=1S/C14H17NO4/c1-18-13(16)11-8-15(9-12(11)14(17)19-2)10-6-4-3-5-7-10/h3-7,11-12H,8-9H2,1-2H3. The van der Waals surface area contributed by atoms with Gasteiger partial charge in [0.05, 0.1) is 26.1 Å². The van der Waals surface area contributed by atoms with Crippen LogP contribution < -0.4 is 4.90 Å². The average Bonchev–Trinajstić information content (AvgIpc) is 2.91. The summed E-state index contributed by atoms with van der Waals surface area (Å²) in [7, 11) is 2.67. The van der Waals surface area contributed by atoms with Crippen LogP contribution in [0.25, 0.3) is 0 Å². The van der Waals surface area contributed by atoms with Crippen LogP contribution in [-0.4, -0.2) is 39.2 Å². The van der Waals surface area contributed by atoms with Gasteiger partial charge in [-0.05, 0) is 12.1 Å². The number of para-hydroxylation sites is 1. The molecule has 5 heteroatoms. The Balaban J connectivity index is 2.20. The van der Waals surface area contributed by atoms with Crippen LogP contribution in [0.5, 0.6) is 0 Å². The molecule has 2 atom stereocenters. The Labute approximate surface area is 112 Å². The van der Waals surface area contributed by atoms with Gasteiger partial charge in [0.1, 0.15) is 0 Å². The molecule has 0 amide bonds. The Morgan fingerprint density at radius 2 is 1.47 bits per heavy atom. The third kappa shape index (κ3) is 2.70. The minimum absolute atomic E-state index is 0.367. The summed E-state index contributed by atoms with van der Waals surface area (Å²) in [5, 5.41) is 0. The summed E-state index contributed by atoms with van der Waals surface area (Å²) in [6, 6.07) is 9.68. The molecule has 1 aromatic carbocycles. The van der Waals surface area contributed by atoms with E-state index in [2.05, 4.69) is 0 Å². The van der Waals surface area contributed by atoms with Gasteiger partial charge in [-0.1, -0.05) is 18.2 Å². The lowest BCUT2D eigenvalue weighted by molar-refractivity contribution is -0.155. The highest BCUT2D eigenvalue weighted by Crippen LogP contribution is 2.29. The third-order valence-corrected chi connectivity index (χ3v) is 3.45. The fourth-order valence-corrected chi connectivity index (χ4v) is 2.43. The van der Waals surface area contributed by atoms with Crippen LogP contribution in [0.4, 0.5) is 5.69 Å². The van der Waals surface area contributed by atoms with Crippen molar-refractivity contribution in [1.82, 2.24) is 0 Å². The van der Waals surface area contributed by atoms with Gasteiger partial charge in [0.15, 0.2) is 0 Å². The van der Waals surface area contributed by atoms with Crippen molar-refractivity contribution in [3.05, 3.63) is 30.3 Å². The number of carbonyl (C=O) groups excluding carboxylic acids is 2. The van der Waals surface area contributed by atoms with Crippen molar-refractivity contribution in [2.45, 2.75) is 0 Å². The normalized spacial score (nSPS) is 22.1. The number of carbonyl (C=O) groups is 2. The number of ether oxygens (including phenoxy) is 2.